The average molecular weight is 289 g/mol. The standard InChI is InChI=1S/C17H27N3O/c1-2-3-9-19-17(21)15-7-10-20(11-8-15)13-14-5-4-6-16(18)12-14/h4-6,12,15H,2-3,7-11,13,18H2,1H3,(H,19,21). The molecule has 3 N–H and O–H groups in total. The van der Waals surface area contributed by atoms with Gasteiger partial charge in [0.1, 0.15) is 0 Å². The first-order valence-corrected chi connectivity index (χ1v) is 8.03. The SMILES string of the molecule is CCCCNC(=O)C1CCN(Cc2cccc(N)c2)CC1. The molecule has 1 aromatic carbocycles. The van der Waals surface area contributed by atoms with Crippen molar-refractivity contribution in [2.45, 2.75) is 39.2 Å². The molecule has 0 unspecified atom stereocenters. The van der Waals surface area contributed by atoms with Gasteiger partial charge < -0.3 is 11.1 Å². The zero-order valence-electron chi connectivity index (χ0n) is 13.0. The first-order valence-electron chi connectivity index (χ1n) is 8.03. The quantitative estimate of drug-likeness (QED) is 0.624. The third kappa shape index (κ3) is 5.05. The monoisotopic (exact) mass is 289 g/mol. The van der Waals surface area contributed by atoms with Crippen LogP contribution in [0.4, 0.5) is 5.69 Å². The van der Waals surface area contributed by atoms with Gasteiger partial charge in [0, 0.05) is 24.7 Å². The summed E-state index contributed by atoms with van der Waals surface area (Å²) in [5.74, 6) is 0.436. The first-order chi connectivity index (χ1) is 10.2. The van der Waals surface area contributed by atoms with Gasteiger partial charge in [0.15, 0.2) is 0 Å². The zero-order chi connectivity index (χ0) is 15.1. The minimum Gasteiger partial charge on any atom is -0.399 e. The summed E-state index contributed by atoms with van der Waals surface area (Å²) in [6.45, 7) is 5.86. The largest absolute Gasteiger partial charge is 0.399 e. The van der Waals surface area contributed by atoms with Gasteiger partial charge in [0.25, 0.3) is 0 Å². The molecule has 0 saturated carbocycles. The second kappa shape index (κ2) is 8.03. The van der Waals surface area contributed by atoms with Crippen molar-refractivity contribution in [2.75, 3.05) is 25.4 Å². The number of likely N-dealkylation sites (tertiary alicyclic amines) is 1. The van der Waals surface area contributed by atoms with Crippen LogP contribution < -0.4 is 11.1 Å². The van der Waals surface area contributed by atoms with Gasteiger partial charge in [-0.15, -0.1) is 0 Å². The number of nitrogens with zero attached hydrogens (tertiary/aromatic N) is 1. The minimum absolute atomic E-state index is 0.193. The number of benzene rings is 1. The molecule has 21 heavy (non-hydrogen) atoms. The Morgan fingerprint density at radius 1 is 1.38 bits per heavy atom. The number of nitrogens with one attached hydrogen (secondary N) is 1. The molecule has 0 atom stereocenters. The summed E-state index contributed by atoms with van der Waals surface area (Å²) in [6, 6.07) is 8.05. The van der Waals surface area contributed by atoms with Crippen molar-refractivity contribution in [3.63, 3.8) is 0 Å². The molecule has 1 aliphatic heterocycles. The Hall–Kier alpha value is -1.55. The summed E-state index contributed by atoms with van der Waals surface area (Å²) in [6.07, 6.45) is 4.11. The molecule has 1 amide bonds. The van der Waals surface area contributed by atoms with Crippen LogP contribution in [0.5, 0.6) is 0 Å². The highest BCUT2D eigenvalue weighted by molar-refractivity contribution is 5.78. The average Bonchev–Trinajstić information content (AvgIpc) is 2.48. The highest BCUT2D eigenvalue weighted by Crippen LogP contribution is 2.19. The number of unbranched alkanes of at least 4 members (excludes halogenated alkanes) is 1. The lowest BCUT2D eigenvalue weighted by Gasteiger charge is -2.31. The molecule has 1 saturated heterocycles. The summed E-state index contributed by atoms with van der Waals surface area (Å²) >= 11 is 0. The third-order valence-corrected chi connectivity index (χ3v) is 4.15. The molecule has 0 aromatic heterocycles. The molecule has 1 aliphatic rings. The summed E-state index contributed by atoms with van der Waals surface area (Å²) in [7, 11) is 0. The van der Waals surface area contributed by atoms with Crippen LogP contribution in [-0.2, 0) is 11.3 Å². The van der Waals surface area contributed by atoms with Crippen molar-refractivity contribution in [3.8, 4) is 0 Å². The van der Waals surface area contributed by atoms with E-state index in [1.165, 1.54) is 5.56 Å². The van der Waals surface area contributed by atoms with E-state index in [1.807, 2.05) is 18.2 Å². The van der Waals surface area contributed by atoms with Crippen LogP contribution in [0.25, 0.3) is 0 Å². The maximum Gasteiger partial charge on any atom is 0.223 e. The van der Waals surface area contributed by atoms with Gasteiger partial charge in [-0.2, -0.15) is 0 Å². The van der Waals surface area contributed by atoms with Crippen LogP contribution in [0.2, 0.25) is 0 Å². The lowest BCUT2D eigenvalue weighted by atomic mass is 9.95. The number of anilines is 1. The highest BCUT2D eigenvalue weighted by Gasteiger charge is 2.24. The van der Waals surface area contributed by atoms with Gasteiger partial charge >= 0.3 is 0 Å². The Morgan fingerprint density at radius 2 is 2.14 bits per heavy atom. The topological polar surface area (TPSA) is 58.4 Å². The van der Waals surface area contributed by atoms with Crippen LogP contribution in [0.15, 0.2) is 24.3 Å². The number of nitrogens with two attached hydrogens (primary N) is 1. The van der Waals surface area contributed by atoms with Crippen LogP contribution in [0.1, 0.15) is 38.2 Å². The molecule has 0 spiro atoms. The second-order valence-electron chi connectivity index (χ2n) is 5.94. The Balaban J connectivity index is 1.74. The van der Waals surface area contributed by atoms with E-state index in [0.717, 1.165) is 57.5 Å². The second-order valence-corrected chi connectivity index (χ2v) is 5.94. The number of carbonyl (C=O) groups is 1. The fraction of sp³-hybridized carbons (Fsp3) is 0.588. The number of rotatable bonds is 6. The molecule has 0 bridgehead atoms. The number of amides is 1. The van der Waals surface area contributed by atoms with E-state index in [9.17, 15) is 4.79 Å². The molecule has 2 rings (SSSR count). The van der Waals surface area contributed by atoms with E-state index in [-0.39, 0.29) is 11.8 Å². The van der Waals surface area contributed by atoms with Gasteiger partial charge in [-0.25, -0.2) is 0 Å². The van der Waals surface area contributed by atoms with Gasteiger partial charge in [0.2, 0.25) is 5.91 Å². The maximum absolute atomic E-state index is 12.0. The summed E-state index contributed by atoms with van der Waals surface area (Å²) in [5.41, 5.74) is 7.88. The fourth-order valence-electron chi connectivity index (χ4n) is 2.84. The van der Waals surface area contributed by atoms with Crippen molar-refractivity contribution >= 4 is 11.6 Å². The summed E-state index contributed by atoms with van der Waals surface area (Å²) in [4.78, 5) is 14.4. The van der Waals surface area contributed by atoms with Crippen molar-refractivity contribution in [1.82, 2.24) is 10.2 Å². The molecule has 116 valence electrons. The Morgan fingerprint density at radius 3 is 2.81 bits per heavy atom. The molecule has 0 radical (unpaired) electrons. The van der Waals surface area contributed by atoms with Crippen molar-refractivity contribution in [2.24, 2.45) is 5.92 Å². The van der Waals surface area contributed by atoms with Gasteiger partial charge in [-0.05, 0) is 50.0 Å². The van der Waals surface area contributed by atoms with Gasteiger partial charge in [-0.3, -0.25) is 9.69 Å². The molecular weight excluding hydrogens is 262 g/mol. The predicted molar refractivity (Wildman–Crippen MR) is 86.8 cm³/mol. The number of hydrogen-bond acceptors (Lipinski definition) is 3. The molecule has 4 nitrogen and oxygen atoms in total. The Bertz CT molecular complexity index is 453. The first kappa shape index (κ1) is 15.8. The number of hydrogen-bond donors (Lipinski definition) is 2. The summed E-state index contributed by atoms with van der Waals surface area (Å²) in [5, 5.41) is 3.05. The third-order valence-electron chi connectivity index (χ3n) is 4.15. The van der Waals surface area contributed by atoms with Crippen LogP contribution in [-0.4, -0.2) is 30.4 Å². The lowest BCUT2D eigenvalue weighted by molar-refractivity contribution is -0.126. The molecule has 4 heteroatoms. The van der Waals surface area contributed by atoms with E-state index in [0.29, 0.717) is 0 Å². The normalized spacial score (nSPS) is 16.8. The maximum atomic E-state index is 12.0. The molecule has 0 aliphatic carbocycles. The van der Waals surface area contributed by atoms with E-state index < -0.39 is 0 Å². The van der Waals surface area contributed by atoms with E-state index in [4.69, 9.17) is 5.73 Å². The predicted octanol–water partition coefficient (Wildman–Crippen LogP) is 2.40. The van der Waals surface area contributed by atoms with Crippen LogP contribution >= 0.6 is 0 Å². The van der Waals surface area contributed by atoms with Crippen molar-refractivity contribution in [1.29, 1.82) is 0 Å². The lowest BCUT2D eigenvalue weighted by Crippen LogP contribution is -2.40. The molecular formula is C17H27N3O. The molecule has 1 fully saturated rings. The number of nitrogen functional groups attached to an aromatic ring is 1. The van der Waals surface area contributed by atoms with E-state index >= 15 is 0 Å². The summed E-state index contributed by atoms with van der Waals surface area (Å²) < 4.78 is 0. The Labute approximate surface area is 127 Å². The van der Waals surface area contributed by atoms with Crippen LogP contribution in [0.3, 0.4) is 0 Å². The van der Waals surface area contributed by atoms with Crippen molar-refractivity contribution < 1.29 is 4.79 Å². The number of carbonyl (C=O) groups excluding carboxylic acids is 1. The van der Waals surface area contributed by atoms with Gasteiger partial charge in [-0.1, -0.05) is 25.5 Å². The fourth-order valence-corrected chi connectivity index (χ4v) is 2.84. The Kier molecular flexibility index (Phi) is 6.05. The smallest absolute Gasteiger partial charge is 0.223 e. The number of piperidine rings is 1. The minimum atomic E-state index is 0.193. The zero-order valence-corrected chi connectivity index (χ0v) is 13.0. The van der Waals surface area contributed by atoms with Crippen molar-refractivity contribution in [3.05, 3.63) is 29.8 Å². The van der Waals surface area contributed by atoms with Gasteiger partial charge in [0.05, 0.1) is 0 Å². The van der Waals surface area contributed by atoms with E-state index in [2.05, 4.69) is 23.2 Å². The van der Waals surface area contributed by atoms with E-state index in [1.54, 1.807) is 0 Å². The molecule has 1 heterocycles. The van der Waals surface area contributed by atoms with Crippen LogP contribution in [0, 0.1) is 5.92 Å². The molecule has 1 aromatic rings. The highest BCUT2D eigenvalue weighted by atomic mass is 16.1.